The summed E-state index contributed by atoms with van der Waals surface area (Å²) in [6.07, 6.45) is 0. The third-order valence-corrected chi connectivity index (χ3v) is 4.63. The molecule has 0 aliphatic carbocycles. The Balaban J connectivity index is 2.08. The molecule has 1 N–H and O–H groups in total. The lowest BCUT2D eigenvalue weighted by molar-refractivity contribution is 0.103. The summed E-state index contributed by atoms with van der Waals surface area (Å²) in [7, 11) is 4.38. The summed E-state index contributed by atoms with van der Waals surface area (Å²) < 4.78 is 30.1. The smallest absolute Gasteiger partial charge is 0.203 e. The molecule has 0 fully saturated rings. The number of phenols is 1. The number of hydrogen-bond acceptors (Lipinski definition) is 5. The average Bonchev–Trinajstić information content (AvgIpc) is 2.73. The van der Waals surface area contributed by atoms with Gasteiger partial charge in [-0.2, -0.15) is 0 Å². The molecule has 0 spiro atoms. The Morgan fingerprint density at radius 1 is 0.828 bits per heavy atom. The summed E-state index contributed by atoms with van der Waals surface area (Å²) in [5, 5.41) is 9.95. The SMILES string of the molecule is COc1cc(C(=O)c2cc(F)cc(-c3ccc(C)c(O)c3)c2)cc(OC)c1OC. The monoisotopic (exact) mass is 396 g/mol. The fraction of sp³-hybridized carbons (Fsp3) is 0.174. The van der Waals surface area contributed by atoms with Crippen LogP contribution in [-0.2, 0) is 0 Å². The van der Waals surface area contributed by atoms with Crippen LogP contribution in [0.5, 0.6) is 23.0 Å². The van der Waals surface area contributed by atoms with Gasteiger partial charge in [0.1, 0.15) is 11.6 Å². The quantitative estimate of drug-likeness (QED) is 0.609. The van der Waals surface area contributed by atoms with E-state index in [0.29, 0.717) is 33.9 Å². The van der Waals surface area contributed by atoms with E-state index in [2.05, 4.69) is 0 Å². The maximum atomic E-state index is 14.3. The van der Waals surface area contributed by atoms with Gasteiger partial charge in [0.25, 0.3) is 0 Å². The molecular formula is C23H21FO5. The Morgan fingerprint density at radius 2 is 1.45 bits per heavy atom. The van der Waals surface area contributed by atoms with Crippen molar-refractivity contribution in [3.63, 3.8) is 0 Å². The number of carbonyl (C=O) groups is 1. The number of methoxy groups -OCH3 is 3. The van der Waals surface area contributed by atoms with Crippen LogP contribution in [0.1, 0.15) is 21.5 Å². The Bertz CT molecular complexity index is 1050. The van der Waals surface area contributed by atoms with Crippen LogP contribution in [0.3, 0.4) is 0 Å². The highest BCUT2D eigenvalue weighted by Crippen LogP contribution is 2.39. The first-order chi connectivity index (χ1) is 13.9. The highest BCUT2D eigenvalue weighted by atomic mass is 19.1. The van der Waals surface area contributed by atoms with Crippen LogP contribution in [0.2, 0.25) is 0 Å². The molecule has 0 radical (unpaired) electrons. The van der Waals surface area contributed by atoms with Gasteiger partial charge in [-0.3, -0.25) is 4.79 Å². The molecule has 6 heteroatoms. The average molecular weight is 396 g/mol. The van der Waals surface area contributed by atoms with Crippen molar-refractivity contribution in [2.75, 3.05) is 21.3 Å². The molecule has 29 heavy (non-hydrogen) atoms. The van der Waals surface area contributed by atoms with Crippen LogP contribution in [-0.4, -0.2) is 32.2 Å². The topological polar surface area (TPSA) is 65.0 Å². The normalized spacial score (nSPS) is 10.5. The summed E-state index contributed by atoms with van der Waals surface area (Å²) >= 11 is 0. The number of benzene rings is 3. The van der Waals surface area contributed by atoms with Crippen LogP contribution in [0.4, 0.5) is 4.39 Å². The number of hydrogen-bond donors (Lipinski definition) is 1. The molecule has 0 heterocycles. The van der Waals surface area contributed by atoms with Gasteiger partial charge in [-0.25, -0.2) is 4.39 Å². The summed E-state index contributed by atoms with van der Waals surface area (Å²) in [5.41, 5.74) is 2.22. The minimum atomic E-state index is -0.557. The van der Waals surface area contributed by atoms with Crippen LogP contribution in [0, 0.1) is 12.7 Å². The predicted octanol–water partition coefficient (Wildman–Crippen LogP) is 4.76. The van der Waals surface area contributed by atoms with Gasteiger partial charge in [0.2, 0.25) is 5.75 Å². The molecule has 3 rings (SSSR count). The second-order valence-corrected chi connectivity index (χ2v) is 6.47. The first-order valence-electron chi connectivity index (χ1n) is 8.83. The molecule has 0 bridgehead atoms. The fourth-order valence-electron chi connectivity index (χ4n) is 3.06. The van der Waals surface area contributed by atoms with Gasteiger partial charge in [-0.15, -0.1) is 0 Å². The zero-order valence-corrected chi connectivity index (χ0v) is 16.6. The number of rotatable bonds is 6. The molecule has 0 aromatic heterocycles. The predicted molar refractivity (Wildman–Crippen MR) is 108 cm³/mol. The lowest BCUT2D eigenvalue weighted by atomic mass is 9.97. The molecule has 0 amide bonds. The third kappa shape index (κ3) is 4.01. The van der Waals surface area contributed by atoms with Gasteiger partial charge in [-0.05, 0) is 60.0 Å². The summed E-state index contributed by atoms with van der Waals surface area (Å²) in [4.78, 5) is 13.1. The van der Waals surface area contributed by atoms with Crippen LogP contribution in [0.15, 0.2) is 48.5 Å². The standard InChI is InChI=1S/C23H21FO5/c1-13-5-6-14(10-19(13)25)15-7-16(9-18(24)8-15)22(26)17-11-20(27-2)23(29-4)21(12-17)28-3/h5-12,25H,1-4H3. The number of ether oxygens (including phenoxy) is 3. The number of carbonyl (C=O) groups excluding carboxylic acids is 1. The molecule has 0 unspecified atom stereocenters. The van der Waals surface area contributed by atoms with Crippen molar-refractivity contribution < 1.29 is 28.5 Å². The summed E-state index contributed by atoms with van der Waals surface area (Å²) in [5.74, 6) is 0.163. The van der Waals surface area contributed by atoms with Gasteiger partial charge in [0, 0.05) is 11.1 Å². The molecule has 0 aliphatic rings. The highest BCUT2D eigenvalue weighted by Gasteiger charge is 2.19. The van der Waals surface area contributed by atoms with E-state index >= 15 is 0 Å². The van der Waals surface area contributed by atoms with Crippen molar-refractivity contribution in [1.29, 1.82) is 0 Å². The molecule has 3 aromatic carbocycles. The molecule has 0 saturated carbocycles. The number of aromatic hydroxyl groups is 1. The van der Waals surface area contributed by atoms with Crippen molar-refractivity contribution in [2.24, 2.45) is 0 Å². The van der Waals surface area contributed by atoms with Gasteiger partial charge < -0.3 is 19.3 Å². The molecule has 0 saturated heterocycles. The van der Waals surface area contributed by atoms with E-state index in [1.807, 2.05) is 0 Å². The van der Waals surface area contributed by atoms with E-state index in [1.165, 1.54) is 51.7 Å². The maximum Gasteiger partial charge on any atom is 0.203 e. The van der Waals surface area contributed by atoms with Crippen LogP contribution >= 0.6 is 0 Å². The maximum absolute atomic E-state index is 14.3. The van der Waals surface area contributed by atoms with Gasteiger partial charge in [0.05, 0.1) is 21.3 Å². The molecule has 150 valence electrons. The fourth-order valence-corrected chi connectivity index (χ4v) is 3.06. The largest absolute Gasteiger partial charge is 0.508 e. The Kier molecular flexibility index (Phi) is 5.73. The van der Waals surface area contributed by atoms with Crippen molar-refractivity contribution in [3.8, 4) is 34.1 Å². The molecule has 3 aromatic rings. The summed E-state index contributed by atoms with van der Waals surface area (Å²) in [6, 6.07) is 12.1. The summed E-state index contributed by atoms with van der Waals surface area (Å²) in [6.45, 7) is 1.77. The van der Waals surface area contributed by atoms with Gasteiger partial charge >= 0.3 is 0 Å². The molecule has 0 aliphatic heterocycles. The van der Waals surface area contributed by atoms with Crippen LogP contribution < -0.4 is 14.2 Å². The van der Waals surface area contributed by atoms with Crippen molar-refractivity contribution >= 4 is 5.78 Å². The van der Waals surface area contributed by atoms with Gasteiger partial charge in [0.15, 0.2) is 17.3 Å². The van der Waals surface area contributed by atoms with E-state index in [4.69, 9.17) is 14.2 Å². The zero-order valence-electron chi connectivity index (χ0n) is 16.6. The first kappa shape index (κ1) is 20.2. The van der Waals surface area contributed by atoms with Crippen molar-refractivity contribution in [1.82, 2.24) is 0 Å². The Hall–Kier alpha value is -3.54. The van der Waals surface area contributed by atoms with E-state index in [9.17, 15) is 14.3 Å². The number of phenolic OH excluding ortho intramolecular Hbond substituents is 1. The third-order valence-electron chi connectivity index (χ3n) is 4.63. The van der Waals surface area contributed by atoms with Crippen LogP contribution in [0.25, 0.3) is 11.1 Å². The first-order valence-corrected chi connectivity index (χ1v) is 8.83. The molecule has 0 atom stereocenters. The Labute approximate surface area is 168 Å². The highest BCUT2D eigenvalue weighted by molar-refractivity contribution is 6.10. The number of ketones is 1. The van der Waals surface area contributed by atoms with E-state index in [0.717, 1.165) is 0 Å². The minimum absolute atomic E-state index is 0.101. The zero-order chi connectivity index (χ0) is 21.1. The number of halogens is 1. The molecular weight excluding hydrogens is 375 g/mol. The molecule has 5 nitrogen and oxygen atoms in total. The Morgan fingerprint density at radius 3 is 2.00 bits per heavy atom. The van der Waals surface area contributed by atoms with Crippen molar-refractivity contribution in [2.45, 2.75) is 6.92 Å². The lowest BCUT2D eigenvalue weighted by Gasteiger charge is -2.14. The van der Waals surface area contributed by atoms with E-state index < -0.39 is 11.6 Å². The second kappa shape index (κ2) is 8.22. The number of aryl methyl sites for hydroxylation is 1. The van der Waals surface area contributed by atoms with E-state index in [-0.39, 0.29) is 16.9 Å². The second-order valence-electron chi connectivity index (χ2n) is 6.47. The van der Waals surface area contributed by atoms with Gasteiger partial charge in [-0.1, -0.05) is 12.1 Å². The lowest BCUT2D eigenvalue weighted by Crippen LogP contribution is -2.05. The van der Waals surface area contributed by atoms with Crippen molar-refractivity contribution in [3.05, 3.63) is 71.0 Å². The minimum Gasteiger partial charge on any atom is -0.508 e. The van der Waals surface area contributed by atoms with E-state index in [1.54, 1.807) is 25.1 Å².